The van der Waals surface area contributed by atoms with Crippen LogP contribution in [0.15, 0.2) is 0 Å². The molecule has 1 amide bonds. The van der Waals surface area contributed by atoms with Gasteiger partial charge in [-0.1, -0.05) is 6.42 Å². The van der Waals surface area contributed by atoms with Gasteiger partial charge in [0, 0.05) is 6.04 Å². The molecule has 0 saturated heterocycles. The van der Waals surface area contributed by atoms with Gasteiger partial charge in [0.05, 0.1) is 6.61 Å². The van der Waals surface area contributed by atoms with Crippen LogP contribution in [0, 0.1) is 17.8 Å². The molecule has 0 aromatic rings. The summed E-state index contributed by atoms with van der Waals surface area (Å²) in [6.45, 7) is 4.40. The molecule has 0 aliphatic heterocycles. The molecule has 15 heavy (non-hydrogen) atoms. The SMILES string of the molecule is CCOC(=O)N[C@@H](C)[C@H]1C[C@H]2CC[C@H]1C2. The molecule has 86 valence electrons. The van der Waals surface area contributed by atoms with Crippen LogP contribution in [-0.4, -0.2) is 18.7 Å². The van der Waals surface area contributed by atoms with E-state index < -0.39 is 0 Å². The lowest BCUT2D eigenvalue weighted by atomic mass is 9.84. The molecule has 3 heteroatoms. The molecule has 0 heterocycles. The molecule has 2 bridgehead atoms. The van der Waals surface area contributed by atoms with Crippen LogP contribution in [0.5, 0.6) is 0 Å². The fraction of sp³-hybridized carbons (Fsp3) is 0.917. The van der Waals surface area contributed by atoms with Gasteiger partial charge >= 0.3 is 6.09 Å². The molecule has 2 saturated carbocycles. The van der Waals surface area contributed by atoms with Gasteiger partial charge in [0.15, 0.2) is 0 Å². The third-order valence-electron chi connectivity index (χ3n) is 4.06. The first-order chi connectivity index (χ1) is 7.20. The lowest BCUT2D eigenvalue weighted by Gasteiger charge is -2.28. The summed E-state index contributed by atoms with van der Waals surface area (Å²) in [7, 11) is 0. The number of rotatable bonds is 3. The molecule has 0 aromatic heterocycles. The van der Waals surface area contributed by atoms with E-state index in [9.17, 15) is 4.79 Å². The number of alkyl carbamates (subject to hydrolysis) is 1. The minimum atomic E-state index is -0.257. The Morgan fingerprint density at radius 3 is 2.80 bits per heavy atom. The molecule has 0 aromatic carbocycles. The Balaban J connectivity index is 1.81. The smallest absolute Gasteiger partial charge is 0.407 e. The summed E-state index contributed by atoms with van der Waals surface area (Å²) < 4.78 is 4.90. The van der Waals surface area contributed by atoms with Crippen molar-refractivity contribution >= 4 is 6.09 Å². The Kier molecular flexibility index (Phi) is 3.17. The normalized spacial score (nSPS) is 35.2. The molecule has 2 aliphatic rings. The number of nitrogens with one attached hydrogen (secondary N) is 1. The van der Waals surface area contributed by atoms with Gasteiger partial charge in [-0.05, 0) is 50.9 Å². The topological polar surface area (TPSA) is 38.3 Å². The highest BCUT2D eigenvalue weighted by Gasteiger charge is 2.42. The van der Waals surface area contributed by atoms with Crippen LogP contribution in [0.4, 0.5) is 4.79 Å². The first kappa shape index (κ1) is 10.8. The molecule has 0 radical (unpaired) electrons. The maximum Gasteiger partial charge on any atom is 0.407 e. The van der Waals surface area contributed by atoms with Crippen molar-refractivity contribution in [2.75, 3.05) is 6.61 Å². The molecule has 1 N–H and O–H groups in total. The standard InChI is InChI=1S/C12H21NO2/c1-3-15-12(14)13-8(2)11-7-9-4-5-10(11)6-9/h8-11H,3-7H2,1-2H3,(H,13,14)/t8-,9-,10-,11+/m0/s1. The molecular formula is C12H21NO2. The maximum atomic E-state index is 11.3. The van der Waals surface area contributed by atoms with E-state index in [0.29, 0.717) is 12.5 Å². The van der Waals surface area contributed by atoms with Crippen molar-refractivity contribution in [2.45, 2.75) is 45.6 Å². The summed E-state index contributed by atoms with van der Waals surface area (Å²) in [5.41, 5.74) is 0. The monoisotopic (exact) mass is 211 g/mol. The fourth-order valence-corrected chi connectivity index (χ4v) is 3.37. The highest BCUT2D eigenvalue weighted by Crippen LogP contribution is 2.49. The maximum absolute atomic E-state index is 11.3. The van der Waals surface area contributed by atoms with E-state index >= 15 is 0 Å². The third-order valence-corrected chi connectivity index (χ3v) is 4.06. The van der Waals surface area contributed by atoms with Crippen LogP contribution in [0.1, 0.15) is 39.5 Å². The van der Waals surface area contributed by atoms with Gasteiger partial charge in [0.25, 0.3) is 0 Å². The predicted octanol–water partition coefficient (Wildman–Crippen LogP) is 2.56. The number of fused-ring (bicyclic) bond motifs is 2. The van der Waals surface area contributed by atoms with Gasteiger partial charge in [-0.3, -0.25) is 0 Å². The van der Waals surface area contributed by atoms with Crippen molar-refractivity contribution in [3.05, 3.63) is 0 Å². The number of hydrogen-bond acceptors (Lipinski definition) is 2. The highest BCUT2D eigenvalue weighted by molar-refractivity contribution is 5.67. The predicted molar refractivity (Wildman–Crippen MR) is 58.6 cm³/mol. The summed E-state index contributed by atoms with van der Waals surface area (Å²) >= 11 is 0. The van der Waals surface area contributed by atoms with Crippen LogP contribution < -0.4 is 5.32 Å². The second kappa shape index (κ2) is 4.42. The van der Waals surface area contributed by atoms with Gasteiger partial charge in [-0.2, -0.15) is 0 Å². The lowest BCUT2D eigenvalue weighted by molar-refractivity contribution is 0.140. The van der Waals surface area contributed by atoms with Crippen LogP contribution in [-0.2, 0) is 4.74 Å². The van der Waals surface area contributed by atoms with Crippen molar-refractivity contribution < 1.29 is 9.53 Å². The minimum absolute atomic E-state index is 0.257. The Bertz CT molecular complexity index is 242. The number of carbonyl (C=O) groups excluding carboxylic acids is 1. The van der Waals surface area contributed by atoms with Crippen molar-refractivity contribution in [1.29, 1.82) is 0 Å². The van der Waals surface area contributed by atoms with E-state index in [4.69, 9.17) is 4.74 Å². The van der Waals surface area contributed by atoms with Gasteiger partial charge in [-0.15, -0.1) is 0 Å². The average Bonchev–Trinajstić information content (AvgIpc) is 2.78. The van der Waals surface area contributed by atoms with E-state index in [1.165, 1.54) is 25.7 Å². The zero-order valence-corrected chi connectivity index (χ0v) is 9.66. The van der Waals surface area contributed by atoms with Gasteiger partial charge < -0.3 is 10.1 Å². The average molecular weight is 211 g/mol. The van der Waals surface area contributed by atoms with Crippen molar-refractivity contribution in [2.24, 2.45) is 17.8 Å². The summed E-state index contributed by atoms with van der Waals surface area (Å²) in [5, 5.41) is 2.95. The Morgan fingerprint density at radius 1 is 1.47 bits per heavy atom. The van der Waals surface area contributed by atoms with Crippen LogP contribution in [0.25, 0.3) is 0 Å². The van der Waals surface area contributed by atoms with Crippen molar-refractivity contribution in [1.82, 2.24) is 5.32 Å². The molecule has 2 fully saturated rings. The molecule has 3 nitrogen and oxygen atoms in total. The summed E-state index contributed by atoms with van der Waals surface area (Å²) in [5.74, 6) is 2.48. The van der Waals surface area contributed by atoms with Gasteiger partial charge in [0.2, 0.25) is 0 Å². The molecular weight excluding hydrogens is 190 g/mol. The van der Waals surface area contributed by atoms with E-state index in [1.54, 1.807) is 0 Å². The second-order valence-electron chi connectivity index (χ2n) is 4.99. The Hall–Kier alpha value is -0.730. The van der Waals surface area contributed by atoms with E-state index in [2.05, 4.69) is 12.2 Å². The second-order valence-corrected chi connectivity index (χ2v) is 4.99. The lowest BCUT2D eigenvalue weighted by Crippen LogP contribution is -2.40. The van der Waals surface area contributed by atoms with Gasteiger partial charge in [0.1, 0.15) is 0 Å². The first-order valence-corrected chi connectivity index (χ1v) is 6.14. The molecule has 0 spiro atoms. The Morgan fingerprint density at radius 2 is 2.27 bits per heavy atom. The number of ether oxygens (including phenoxy) is 1. The van der Waals surface area contributed by atoms with E-state index in [0.717, 1.165) is 11.8 Å². The van der Waals surface area contributed by atoms with E-state index in [1.807, 2.05) is 6.92 Å². The first-order valence-electron chi connectivity index (χ1n) is 6.14. The molecule has 4 atom stereocenters. The number of hydrogen-bond donors (Lipinski definition) is 1. The van der Waals surface area contributed by atoms with Crippen molar-refractivity contribution in [3.8, 4) is 0 Å². The summed E-state index contributed by atoms with van der Waals surface area (Å²) in [4.78, 5) is 11.3. The zero-order valence-electron chi connectivity index (χ0n) is 9.66. The molecule has 2 aliphatic carbocycles. The minimum Gasteiger partial charge on any atom is -0.450 e. The van der Waals surface area contributed by atoms with Crippen LogP contribution in [0.3, 0.4) is 0 Å². The van der Waals surface area contributed by atoms with E-state index in [-0.39, 0.29) is 12.1 Å². The Labute approximate surface area is 91.6 Å². The quantitative estimate of drug-likeness (QED) is 0.779. The third kappa shape index (κ3) is 2.27. The largest absolute Gasteiger partial charge is 0.450 e. The number of carbonyl (C=O) groups is 1. The van der Waals surface area contributed by atoms with Crippen LogP contribution >= 0.6 is 0 Å². The molecule has 0 unspecified atom stereocenters. The van der Waals surface area contributed by atoms with Crippen molar-refractivity contribution in [3.63, 3.8) is 0 Å². The van der Waals surface area contributed by atoms with Gasteiger partial charge in [-0.25, -0.2) is 4.79 Å². The number of amides is 1. The fourth-order valence-electron chi connectivity index (χ4n) is 3.37. The molecule has 2 rings (SSSR count). The zero-order chi connectivity index (χ0) is 10.8. The summed E-state index contributed by atoms with van der Waals surface area (Å²) in [6.07, 6.45) is 5.21. The summed E-state index contributed by atoms with van der Waals surface area (Å²) in [6, 6.07) is 0.277. The highest BCUT2D eigenvalue weighted by atomic mass is 16.5. The van der Waals surface area contributed by atoms with Crippen LogP contribution in [0.2, 0.25) is 0 Å².